The van der Waals surface area contributed by atoms with Crippen molar-refractivity contribution in [2.24, 2.45) is 5.92 Å². The summed E-state index contributed by atoms with van der Waals surface area (Å²) in [5, 5.41) is 4.46. The minimum absolute atomic E-state index is 0.177. The highest BCUT2D eigenvalue weighted by Crippen LogP contribution is 2.17. The summed E-state index contributed by atoms with van der Waals surface area (Å²) in [4.78, 5) is 10.5. The Morgan fingerprint density at radius 3 is 2.57 bits per heavy atom. The van der Waals surface area contributed by atoms with E-state index in [-0.39, 0.29) is 6.54 Å². The van der Waals surface area contributed by atoms with Crippen LogP contribution in [0.5, 0.6) is 0 Å². The molecule has 2 unspecified atom stereocenters. The highest BCUT2D eigenvalue weighted by Gasteiger charge is 2.41. The fourth-order valence-electron chi connectivity index (χ4n) is 1.31. The molecule has 2 N–H and O–H groups in total. The molecule has 7 heteroatoms. The lowest BCUT2D eigenvalue weighted by atomic mass is 10.1. The molecular weight excluding hydrogens is 204 g/mol. The average molecular weight is 214 g/mol. The van der Waals surface area contributed by atoms with E-state index in [9.17, 15) is 22.4 Å². The molecule has 0 aromatic carbocycles. The number of carbonyl (C=O) groups is 1. The zero-order valence-electron chi connectivity index (χ0n) is 7.20. The van der Waals surface area contributed by atoms with E-state index in [4.69, 9.17) is 0 Å². The first kappa shape index (κ1) is 11.2. The molecule has 1 fully saturated rings. The normalized spacial score (nSPS) is 27.7. The Morgan fingerprint density at radius 1 is 1.43 bits per heavy atom. The van der Waals surface area contributed by atoms with Gasteiger partial charge in [0.15, 0.2) is 0 Å². The van der Waals surface area contributed by atoms with Crippen molar-refractivity contribution in [1.29, 1.82) is 0 Å². The van der Waals surface area contributed by atoms with Gasteiger partial charge in [-0.2, -0.15) is 13.2 Å². The third kappa shape index (κ3) is 2.57. The second kappa shape index (κ2) is 4.12. The van der Waals surface area contributed by atoms with Gasteiger partial charge in [-0.15, -0.1) is 0 Å². The first-order valence-electron chi connectivity index (χ1n) is 4.09. The molecule has 2 atom stereocenters. The van der Waals surface area contributed by atoms with E-state index in [1.54, 1.807) is 5.32 Å². The Bertz CT molecular complexity index is 218. The van der Waals surface area contributed by atoms with Crippen LogP contribution in [0.3, 0.4) is 0 Å². The zero-order chi connectivity index (χ0) is 10.8. The van der Waals surface area contributed by atoms with Crippen LogP contribution in [-0.4, -0.2) is 37.9 Å². The molecule has 0 bridgehead atoms. The van der Waals surface area contributed by atoms with Crippen LogP contribution in [0.4, 0.5) is 17.6 Å². The van der Waals surface area contributed by atoms with Gasteiger partial charge in [0.05, 0.1) is 6.67 Å². The number of alkyl halides is 4. The van der Waals surface area contributed by atoms with Crippen molar-refractivity contribution in [2.75, 3.05) is 19.8 Å². The van der Waals surface area contributed by atoms with Crippen molar-refractivity contribution in [2.45, 2.75) is 12.2 Å². The van der Waals surface area contributed by atoms with Gasteiger partial charge >= 0.3 is 12.1 Å². The molecule has 1 heterocycles. The second-order valence-corrected chi connectivity index (χ2v) is 3.15. The molecule has 0 aliphatic carbocycles. The average Bonchev–Trinajstić information content (AvgIpc) is 2.50. The van der Waals surface area contributed by atoms with Crippen LogP contribution < -0.4 is 10.6 Å². The molecule has 3 nitrogen and oxygen atoms in total. The number of carbonyl (C=O) groups excluding carboxylic acids is 1. The number of hydrogen-bond donors (Lipinski definition) is 2. The molecular formula is C7H10F4N2O. The molecule has 1 saturated heterocycles. The van der Waals surface area contributed by atoms with Gasteiger partial charge in [-0.25, -0.2) is 0 Å². The summed E-state index contributed by atoms with van der Waals surface area (Å²) in [5.74, 6) is -2.58. The van der Waals surface area contributed by atoms with Crippen molar-refractivity contribution >= 4 is 5.91 Å². The minimum Gasteiger partial charge on any atom is -0.344 e. The Hall–Kier alpha value is -0.850. The predicted molar refractivity (Wildman–Crippen MR) is 40.3 cm³/mol. The summed E-state index contributed by atoms with van der Waals surface area (Å²) in [5.41, 5.74) is 0. The molecule has 0 spiro atoms. The Balaban J connectivity index is 2.48. The van der Waals surface area contributed by atoms with Crippen LogP contribution in [0, 0.1) is 5.92 Å². The van der Waals surface area contributed by atoms with Crippen LogP contribution >= 0.6 is 0 Å². The van der Waals surface area contributed by atoms with Crippen molar-refractivity contribution in [3.63, 3.8) is 0 Å². The molecule has 0 saturated carbocycles. The number of hydrogen-bond acceptors (Lipinski definition) is 2. The smallest absolute Gasteiger partial charge is 0.344 e. The molecule has 82 valence electrons. The molecule has 1 aliphatic heterocycles. The maximum absolute atomic E-state index is 12.2. The van der Waals surface area contributed by atoms with E-state index in [2.05, 4.69) is 5.32 Å². The van der Waals surface area contributed by atoms with Crippen molar-refractivity contribution in [3.05, 3.63) is 0 Å². The van der Waals surface area contributed by atoms with Crippen molar-refractivity contribution in [3.8, 4) is 0 Å². The largest absolute Gasteiger partial charge is 0.471 e. The molecule has 0 aromatic rings. The third-order valence-corrected chi connectivity index (χ3v) is 2.11. The third-order valence-electron chi connectivity index (χ3n) is 2.11. The Labute approximate surface area is 77.8 Å². The lowest BCUT2D eigenvalue weighted by molar-refractivity contribution is -0.174. The standard InChI is InChI=1S/C7H10F4N2O/c8-1-4-2-12-3-5(4)13-6(14)7(9,10)11/h4-5,12H,1-3H2,(H,13,14). The Kier molecular flexibility index (Phi) is 3.30. The van der Waals surface area contributed by atoms with Gasteiger partial charge in [0.1, 0.15) is 0 Å². The molecule has 14 heavy (non-hydrogen) atoms. The summed E-state index contributed by atoms with van der Waals surface area (Å²) in [7, 11) is 0. The number of amides is 1. The Morgan fingerprint density at radius 2 is 2.07 bits per heavy atom. The highest BCUT2D eigenvalue weighted by atomic mass is 19.4. The van der Waals surface area contributed by atoms with Crippen LogP contribution in [0.15, 0.2) is 0 Å². The minimum atomic E-state index is -4.90. The van der Waals surface area contributed by atoms with Gasteiger partial charge in [-0.05, 0) is 0 Å². The van der Waals surface area contributed by atoms with Gasteiger partial charge in [0.2, 0.25) is 0 Å². The van der Waals surface area contributed by atoms with Crippen LogP contribution in [0.1, 0.15) is 0 Å². The van der Waals surface area contributed by atoms with Gasteiger partial charge in [0.25, 0.3) is 0 Å². The first-order chi connectivity index (χ1) is 6.45. The van der Waals surface area contributed by atoms with Gasteiger partial charge < -0.3 is 10.6 Å². The fourth-order valence-corrected chi connectivity index (χ4v) is 1.31. The monoisotopic (exact) mass is 214 g/mol. The quantitative estimate of drug-likeness (QED) is 0.646. The number of rotatable bonds is 2. The highest BCUT2D eigenvalue weighted by molar-refractivity contribution is 5.82. The molecule has 1 amide bonds. The van der Waals surface area contributed by atoms with Crippen molar-refractivity contribution in [1.82, 2.24) is 10.6 Å². The maximum Gasteiger partial charge on any atom is 0.471 e. The number of nitrogens with one attached hydrogen (secondary N) is 2. The molecule has 1 rings (SSSR count). The van der Waals surface area contributed by atoms with Gasteiger partial charge in [0, 0.05) is 25.0 Å². The van der Waals surface area contributed by atoms with Crippen molar-refractivity contribution < 1.29 is 22.4 Å². The van der Waals surface area contributed by atoms with E-state index >= 15 is 0 Å². The summed E-state index contributed by atoms with van der Waals surface area (Å²) in [6.07, 6.45) is -4.90. The summed E-state index contributed by atoms with van der Waals surface area (Å²) in [6, 6.07) is -0.769. The SMILES string of the molecule is O=C(NC1CNCC1CF)C(F)(F)F. The van der Waals surface area contributed by atoms with E-state index in [1.807, 2.05) is 0 Å². The maximum atomic E-state index is 12.2. The van der Waals surface area contributed by atoms with Gasteiger partial charge in [-0.3, -0.25) is 9.18 Å². The van der Waals surface area contributed by atoms with E-state index in [1.165, 1.54) is 0 Å². The number of halogens is 4. The second-order valence-electron chi connectivity index (χ2n) is 3.15. The van der Waals surface area contributed by atoms with E-state index in [0.717, 1.165) is 0 Å². The van der Waals surface area contributed by atoms with Crippen LogP contribution in [0.2, 0.25) is 0 Å². The van der Waals surface area contributed by atoms with Crippen LogP contribution in [0.25, 0.3) is 0 Å². The lowest BCUT2D eigenvalue weighted by Crippen LogP contribution is -2.47. The summed E-state index contributed by atoms with van der Waals surface area (Å²) in [6.45, 7) is -0.272. The van der Waals surface area contributed by atoms with Gasteiger partial charge in [-0.1, -0.05) is 0 Å². The van der Waals surface area contributed by atoms with E-state index < -0.39 is 30.7 Å². The molecule has 0 aromatic heterocycles. The van der Waals surface area contributed by atoms with E-state index in [0.29, 0.717) is 6.54 Å². The summed E-state index contributed by atoms with van der Waals surface area (Å²) < 4.78 is 47.6. The first-order valence-corrected chi connectivity index (χ1v) is 4.09. The van der Waals surface area contributed by atoms with Crippen LogP contribution in [-0.2, 0) is 4.79 Å². The molecule has 0 radical (unpaired) electrons. The summed E-state index contributed by atoms with van der Waals surface area (Å²) >= 11 is 0. The zero-order valence-corrected chi connectivity index (χ0v) is 7.20. The molecule has 1 aliphatic rings. The predicted octanol–water partition coefficient (Wildman–Crippen LogP) is 0.222. The topological polar surface area (TPSA) is 41.1 Å². The fraction of sp³-hybridized carbons (Fsp3) is 0.857. The lowest BCUT2D eigenvalue weighted by Gasteiger charge is -2.17.